The number of hydrogen-bond donors (Lipinski definition) is 0. The highest BCUT2D eigenvalue weighted by Gasteiger charge is 2.22. The molecule has 0 amide bonds. The molecule has 0 fully saturated rings. The van der Waals surface area contributed by atoms with Gasteiger partial charge in [-0.3, -0.25) is 4.98 Å². The van der Waals surface area contributed by atoms with Crippen LogP contribution in [0.25, 0.3) is 22.9 Å². The first-order valence-corrected chi connectivity index (χ1v) is 8.55. The zero-order valence-corrected chi connectivity index (χ0v) is 15.8. The van der Waals surface area contributed by atoms with Gasteiger partial charge in [0, 0.05) is 23.5 Å². The average Bonchev–Trinajstić information content (AvgIpc) is 3.04. The lowest BCUT2D eigenvalue weighted by Gasteiger charge is -2.25. The summed E-state index contributed by atoms with van der Waals surface area (Å²) in [4.78, 5) is 4.02. The molecule has 0 saturated heterocycles. The van der Waals surface area contributed by atoms with E-state index in [1.165, 1.54) is 11.1 Å². The molecule has 4 heteroatoms. The van der Waals surface area contributed by atoms with Crippen LogP contribution < -0.4 is 0 Å². The van der Waals surface area contributed by atoms with Gasteiger partial charge >= 0.3 is 0 Å². The molecule has 2 heterocycles. The molecule has 0 aliphatic rings. The van der Waals surface area contributed by atoms with Crippen molar-refractivity contribution in [3.63, 3.8) is 0 Å². The molecular formula is C21H25N3O. The maximum absolute atomic E-state index is 5.94. The largest absolute Gasteiger partial charge is 0.416 e. The second-order valence-electron chi connectivity index (χ2n) is 8.45. The van der Waals surface area contributed by atoms with Crippen molar-refractivity contribution in [3.05, 3.63) is 53.9 Å². The molecule has 0 aliphatic heterocycles. The normalized spacial score (nSPS) is 12.4. The molecule has 2 aromatic heterocycles. The first-order chi connectivity index (χ1) is 11.6. The minimum absolute atomic E-state index is 0.0456. The average molecular weight is 335 g/mol. The Labute approximate surface area is 149 Å². The third-order valence-electron chi connectivity index (χ3n) is 4.26. The smallest absolute Gasteiger partial charge is 0.248 e. The van der Waals surface area contributed by atoms with E-state index in [-0.39, 0.29) is 10.8 Å². The summed E-state index contributed by atoms with van der Waals surface area (Å²) in [7, 11) is 0. The summed E-state index contributed by atoms with van der Waals surface area (Å²) in [6, 6.07) is 10.3. The van der Waals surface area contributed by atoms with Crippen LogP contribution >= 0.6 is 0 Å². The van der Waals surface area contributed by atoms with Crippen LogP contribution in [-0.4, -0.2) is 15.2 Å². The molecule has 3 rings (SSSR count). The predicted molar refractivity (Wildman–Crippen MR) is 100 cm³/mol. The zero-order chi connectivity index (χ0) is 18.2. The van der Waals surface area contributed by atoms with E-state index >= 15 is 0 Å². The van der Waals surface area contributed by atoms with Gasteiger partial charge in [-0.1, -0.05) is 47.6 Å². The van der Waals surface area contributed by atoms with E-state index < -0.39 is 0 Å². The maximum Gasteiger partial charge on any atom is 0.248 e. The lowest BCUT2D eigenvalue weighted by atomic mass is 9.79. The van der Waals surface area contributed by atoms with Crippen LogP contribution in [0.15, 0.2) is 47.1 Å². The first-order valence-electron chi connectivity index (χ1n) is 8.55. The SMILES string of the molecule is CC(C)(C)c1cc(-c2nnc(-c3ccncc3)o2)cc(C(C)(C)C)c1. The van der Waals surface area contributed by atoms with Gasteiger partial charge in [-0.25, -0.2) is 0 Å². The van der Waals surface area contributed by atoms with Crippen molar-refractivity contribution >= 4 is 0 Å². The molecular weight excluding hydrogens is 310 g/mol. The van der Waals surface area contributed by atoms with E-state index in [9.17, 15) is 0 Å². The Morgan fingerprint density at radius 3 is 1.64 bits per heavy atom. The summed E-state index contributed by atoms with van der Waals surface area (Å²) >= 11 is 0. The molecule has 3 aromatic rings. The maximum atomic E-state index is 5.94. The monoisotopic (exact) mass is 335 g/mol. The molecule has 0 radical (unpaired) electrons. The van der Waals surface area contributed by atoms with E-state index in [1.807, 2.05) is 12.1 Å². The number of rotatable bonds is 2. The summed E-state index contributed by atoms with van der Waals surface area (Å²) in [6.45, 7) is 13.3. The summed E-state index contributed by atoms with van der Waals surface area (Å²) in [5.41, 5.74) is 4.45. The predicted octanol–water partition coefficient (Wildman–Crippen LogP) is 5.39. The lowest BCUT2D eigenvalue weighted by molar-refractivity contribution is 0.564. The fourth-order valence-corrected chi connectivity index (χ4v) is 2.57. The van der Waals surface area contributed by atoms with Crippen LogP contribution in [0.4, 0.5) is 0 Å². The highest BCUT2D eigenvalue weighted by molar-refractivity contribution is 5.60. The number of nitrogens with zero attached hydrogens (tertiary/aromatic N) is 3. The second kappa shape index (κ2) is 6.10. The van der Waals surface area contributed by atoms with E-state index in [2.05, 4.69) is 74.9 Å². The van der Waals surface area contributed by atoms with Crippen molar-refractivity contribution in [2.24, 2.45) is 0 Å². The molecule has 25 heavy (non-hydrogen) atoms. The summed E-state index contributed by atoms with van der Waals surface area (Å²) in [5, 5.41) is 8.47. The van der Waals surface area contributed by atoms with Crippen LogP contribution in [-0.2, 0) is 10.8 Å². The van der Waals surface area contributed by atoms with Gasteiger partial charge in [0.15, 0.2) is 0 Å². The highest BCUT2D eigenvalue weighted by Crippen LogP contribution is 2.34. The molecule has 1 aromatic carbocycles. The van der Waals surface area contributed by atoms with E-state index in [4.69, 9.17) is 4.42 Å². The second-order valence-corrected chi connectivity index (χ2v) is 8.45. The molecule has 130 valence electrons. The van der Waals surface area contributed by atoms with Crippen LogP contribution in [0.5, 0.6) is 0 Å². The van der Waals surface area contributed by atoms with Gasteiger partial charge in [0.2, 0.25) is 11.8 Å². The fourth-order valence-electron chi connectivity index (χ4n) is 2.57. The molecule has 0 N–H and O–H groups in total. The molecule has 0 saturated carbocycles. The summed E-state index contributed by atoms with van der Waals surface area (Å²) < 4.78 is 5.94. The number of hydrogen-bond acceptors (Lipinski definition) is 4. The quantitative estimate of drug-likeness (QED) is 0.629. The van der Waals surface area contributed by atoms with Gasteiger partial charge < -0.3 is 4.42 Å². The van der Waals surface area contributed by atoms with Crippen molar-refractivity contribution in [2.45, 2.75) is 52.4 Å². The molecule has 4 nitrogen and oxygen atoms in total. The third kappa shape index (κ3) is 3.78. The van der Waals surface area contributed by atoms with E-state index in [0.717, 1.165) is 11.1 Å². The van der Waals surface area contributed by atoms with Gasteiger partial charge in [0.1, 0.15) is 0 Å². The minimum Gasteiger partial charge on any atom is -0.416 e. The Kier molecular flexibility index (Phi) is 4.23. The molecule has 0 bridgehead atoms. The van der Waals surface area contributed by atoms with Gasteiger partial charge in [-0.05, 0) is 46.2 Å². The van der Waals surface area contributed by atoms with Gasteiger partial charge in [0.25, 0.3) is 0 Å². The zero-order valence-electron chi connectivity index (χ0n) is 15.8. The van der Waals surface area contributed by atoms with Crippen molar-refractivity contribution in [1.82, 2.24) is 15.2 Å². The van der Waals surface area contributed by atoms with E-state index in [1.54, 1.807) is 12.4 Å². The number of aromatic nitrogens is 3. The topological polar surface area (TPSA) is 51.8 Å². The Morgan fingerprint density at radius 1 is 0.680 bits per heavy atom. The van der Waals surface area contributed by atoms with E-state index in [0.29, 0.717) is 11.8 Å². The van der Waals surface area contributed by atoms with Crippen LogP contribution in [0, 0.1) is 0 Å². The summed E-state index contributed by atoms with van der Waals surface area (Å²) in [5.74, 6) is 1.05. The van der Waals surface area contributed by atoms with Crippen LogP contribution in [0.3, 0.4) is 0 Å². The molecule has 0 unspecified atom stereocenters. The highest BCUT2D eigenvalue weighted by atomic mass is 16.4. The van der Waals surface area contributed by atoms with Gasteiger partial charge in [-0.2, -0.15) is 0 Å². The summed E-state index contributed by atoms with van der Waals surface area (Å²) in [6.07, 6.45) is 3.44. The van der Waals surface area contributed by atoms with Crippen molar-refractivity contribution in [3.8, 4) is 22.9 Å². The van der Waals surface area contributed by atoms with Crippen molar-refractivity contribution in [1.29, 1.82) is 0 Å². The molecule has 0 spiro atoms. The standard InChI is InChI=1S/C21H25N3O/c1-20(2,3)16-11-15(12-17(13-16)21(4,5)6)19-24-23-18(25-19)14-7-9-22-10-8-14/h7-13H,1-6H3. The van der Waals surface area contributed by atoms with Gasteiger partial charge in [-0.15, -0.1) is 10.2 Å². The lowest BCUT2D eigenvalue weighted by Crippen LogP contribution is -2.16. The number of pyridine rings is 1. The van der Waals surface area contributed by atoms with Crippen LogP contribution in [0.2, 0.25) is 0 Å². The Balaban J connectivity index is 2.09. The first kappa shape index (κ1) is 17.3. The van der Waals surface area contributed by atoms with Crippen molar-refractivity contribution < 1.29 is 4.42 Å². The fraction of sp³-hybridized carbons (Fsp3) is 0.381. The Bertz CT molecular complexity index is 836. The number of benzene rings is 1. The molecule has 0 atom stereocenters. The van der Waals surface area contributed by atoms with Crippen LogP contribution in [0.1, 0.15) is 52.7 Å². The molecule has 0 aliphatic carbocycles. The van der Waals surface area contributed by atoms with Gasteiger partial charge in [0.05, 0.1) is 0 Å². The minimum atomic E-state index is 0.0456. The Morgan fingerprint density at radius 2 is 1.16 bits per heavy atom. The third-order valence-corrected chi connectivity index (χ3v) is 4.26. The van der Waals surface area contributed by atoms with Crippen molar-refractivity contribution in [2.75, 3.05) is 0 Å². The Hall–Kier alpha value is -2.49.